The highest BCUT2D eigenvalue weighted by Gasteiger charge is 2.03. The quantitative estimate of drug-likeness (QED) is 0.799. The first-order valence-electron chi connectivity index (χ1n) is 5.01. The summed E-state index contributed by atoms with van der Waals surface area (Å²) in [6.45, 7) is 2.00. The number of carbonyl (C=O) groups excluding carboxylic acids is 1. The lowest BCUT2D eigenvalue weighted by Crippen LogP contribution is -1.95. The molecule has 1 heterocycles. The van der Waals surface area contributed by atoms with Crippen LogP contribution in [-0.2, 0) is 7.05 Å². The lowest BCUT2D eigenvalue weighted by molar-refractivity contribution is 0.112. The van der Waals surface area contributed by atoms with Gasteiger partial charge in [-0.2, -0.15) is 5.10 Å². The Hall–Kier alpha value is -2.10. The van der Waals surface area contributed by atoms with Crippen LogP contribution in [0.15, 0.2) is 30.5 Å². The van der Waals surface area contributed by atoms with Crippen molar-refractivity contribution in [3.63, 3.8) is 0 Å². The Morgan fingerprint density at radius 3 is 2.50 bits per heavy atom. The van der Waals surface area contributed by atoms with E-state index in [1.54, 1.807) is 18.3 Å². The number of aromatic nitrogens is 2. The van der Waals surface area contributed by atoms with Crippen molar-refractivity contribution >= 4 is 17.7 Å². The van der Waals surface area contributed by atoms with E-state index in [4.69, 9.17) is 0 Å². The number of anilines is 2. The van der Waals surface area contributed by atoms with E-state index >= 15 is 0 Å². The zero-order valence-corrected chi connectivity index (χ0v) is 9.27. The Bertz CT molecular complexity index is 499. The minimum Gasteiger partial charge on any atom is -0.353 e. The number of hydrogen-bond donors (Lipinski definition) is 1. The summed E-state index contributed by atoms with van der Waals surface area (Å²) in [5, 5.41) is 7.39. The van der Waals surface area contributed by atoms with Crippen LogP contribution in [0.1, 0.15) is 16.1 Å². The molecular formula is C12H13N3O. The zero-order chi connectivity index (χ0) is 11.5. The SMILES string of the molecule is Cc1c(Nc2ccc(C=O)cc2)cnn1C. The second kappa shape index (κ2) is 4.18. The van der Waals surface area contributed by atoms with Crippen LogP contribution < -0.4 is 5.32 Å². The smallest absolute Gasteiger partial charge is 0.150 e. The minimum atomic E-state index is 0.674. The molecule has 4 heteroatoms. The van der Waals surface area contributed by atoms with Crippen molar-refractivity contribution < 1.29 is 4.79 Å². The fraction of sp³-hybridized carbons (Fsp3) is 0.167. The van der Waals surface area contributed by atoms with Crippen molar-refractivity contribution in [2.24, 2.45) is 7.05 Å². The summed E-state index contributed by atoms with van der Waals surface area (Å²) < 4.78 is 1.81. The molecule has 2 rings (SSSR count). The summed E-state index contributed by atoms with van der Waals surface area (Å²) in [7, 11) is 1.90. The molecule has 4 nitrogen and oxygen atoms in total. The van der Waals surface area contributed by atoms with Gasteiger partial charge in [-0.25, -0.2) is 0 Å². The van der Waals surface area contributed by atoms with Crippen molar-refractivity contribution in [2.45, 2.75) is 6.92 Å². The molecule has 0 spiro atoms. The van der Waals surface area contributed by atoms with Gasteiger partial charge in [0, 0.05) is 18.3 Å². The van der Waals surface area contributed by atoms with E-state index in [1.807, 2.05) is 30.8 Å². The normalized spacial score (nSPS) is 10.1. The molecule has 1 aromatic carbocycles. The Kier molecular flexibility index (Phi) is 2.72. The fourth-order valence-electron chi connectivity index (χ4n) is 1.42. The third-order valence-electron chi connectivity index (χ3n) is 2.56. The fourth-order valence-corrected chi connectivity index (χ4v) is 1.42. The van der Waals surface area contributed by atoms with Crippen molar-refractivity contribution in [3.8, 4) is 0 Å². The molecule has 0 aliphatic rings. The van der Waals surface area contributed by atoms with Gasteiger partial charge in [-0.15, -0.1) is 0 Å². The number of carbonyl (C=O) groups is 1. The van der Waals surface area contributed by atoms with E-state index in [0.29, 0.717) is 5.56 Å². The summed E-state index contributed by atoms with van der Waals surface area (Å²) in [4.78, 5) is 10.5. The first kappa shape index (κ1) is 10.4. The predicted octanol–water partition coefficient (Wildman–Crippen LogP) is 2.28. The van der Waals surface area contributed by atoms with Gasteiger partial charge in [0.15, 0.2) is 0 Å². The molecule has 1 aromatic heterocycles. The molecule has 0 saturated heterocycles. The zero-order valence-electron chi connectivity index (χ0n) is 9.27. The van der Waals surface area contributed by atoms with E-state index in [1.165, 1.54) is 0 Å². The van der Waals surface area contributed by atoms with Gasteiger partial charge >= 0.3 is 0 Å². The third kappa shape index (κ3) is 1.95. The number of aldehydes is 1. The van der Waals surface area contributed by atoms with Crippen LogP contribution in [-0.4, -0.2) is 16.1 Å². The highest BCUT2D eigenvalue weighted by molar-refractivity contribution is 5.76. The maximum Gasteiger partial charge on any atom is 0.150 e. The summed E-state index contributed by atoms with van der Waals surface area (Å²) in [5.41, 5.74) is 3.66. The molecule has 0 unspecified atom stereocenters. The van der Waals surface area contributed by atoms with Crippen LogP contribution in [0.3, 0.4) is 0 Å². The predicted molar refractivity (Wildman–Crippen MR) is 63.1 cm³/mol. The van der Waals surface area contributed by atoms with Crippen LogP contribution in [0.25, 0.3) is 0 Å². The van der Waals surface area contributed by atoms with Crippen molar-refractivity contribution in [3.05, 3.63) is 41.7 Å². The molecular weight excluding hydrogens is 202 g/mol. The third-order valence-corrected chi connectivity index (χ3v) is 2.56. The Balaban J connectivity index is 2.20. The van der Waals surface area contributed by atoms with Crippen molar-refractivity contribution in [2.75, 3.05) is 5.32 Å². The summed E-state index contributed by atoms with van der Waals surface area (Å²) in [6.07, 6.45) is 2.61. The second-order valence-electron chi connectivity index (χ2n) is 3.63. The van der Waals surface area contributed by atoms with E-state index in [2.05, 4.69) is 10.4 Å². The molecule has 0 radical (unpaired) electrons. The van der Waals surface area contributed by atoms with Crippen molar-refractivity contribution in [1.29, 1.82) is 0 Å². The van der Waals surface area contributed by atoms with E-state index in [9.17, 15) is 4.79 Å². The second-order valence-corrected chi connectivity index (χ2v) is 3.63. The standard InChI is InChI=1S/C12H13N3O/c1-9-12(7-13-15(9)2)14-11-5-3-10(8-16)4-6-11/h3-8,14H,1-2H3. The topological polar surface area (TPSA) is 46.9 Å². The number of aryl methyl sites for hydroxylation is 1. The van der Waals surface area contributed by atoms with E-state index in [-0.39, 0.29) is 0 Å². The Morgan fingerprint density at radius 1 is 1.31 bits per heavy atom. The molecule has 0 bridgehead atoms. The number of hydrogen-bond acceptors (Lipinski definition) is 3. The molecule has 0 atom stereocenters. The maximum absolute atomic E-state index is 10.5. The van der Waals surface area contributed by atoms with Gasteiger partial charge in [0.05, 0.1) is 17.6 Å². The van der Waals surface area contributed by atoms with Gasteiger partial charge < -0.3 is 5.32 Å². The molecule has 16 heavy (non-hydrogen) atoms. The molecule has 2 aromatic rings. The number of nitrogens with one attached hydrogen (secondary N) is 1. The molecule has 0 aliphatic carbocycles. The number of benzene rings is 1. The lowest BCUT2D eigenvalue weighted by atomic mass is 10.2. The van der Waals surface area contributed by atoms with Crippen molar-refractivity contribution in [1.82, 2.24) is 9.78 Å². The van der Waals surface area contributed by atoms with Crippen LogP contribution in [0.4, 0.5) is 11.4 Å². The number of rotatable bonds is 3. The highest BCUT2D eigenvalue weighted by Crippen LogP contribution is 2.19. The first-order chi connectivity index (χ1) is 7.70. The highest BCUT2D eigenvalue weighted by atomic mass is 16.1. The summed E-state index contributed by atoms with van der Waals surface area (Å²) >= 11 is 0. The Labute approximate surface area is 93.9 Å². The van der Waals surface area contributed by atoms with Crippen LogP contribution >= 0.6 is 0 Å². The average Bonchev–Trinajstić information content (AvgIpc) is 2.62. The molecule has 1 N–H and O–H groups in total. The van der Waals surface area contributed by atoms with E-state index < -0.39 is 0 Å². The maximum atomic E-state index is 10.5. The van der Waals surface area contributed by atoms with Crippen LogP contribution in [0.2, 0.25) is 0 Å². The van der Waals surface area contributed by atoms with Crippen LogP contribution in [0, 0.1) is 6.92 Å². The molecule has 82 valence electrons. The van der Waals surface area contributed by atoms with Crippen LogP contribution in [0.5, 0.6) is 0 Å². The molecule has 0 saturated carbocycles. The minimum absolute atomic E-state index is 0.674. The monoisotopic (exact) mass is 215 g/mol. The number of nitrogens with zero attached hydrogens (tertiary/aromatic N) is 2. The Morgan fingerprint density at radius 2 is 2.00 bits per heavy atom. The van der Waals surface area contributed by atoms with Gasteiger partial charge in [-0.05, 0) is 31.2 Å². The first-order valence-corrected chi connectivity index (χ1v) is 5.01. The van der Waals surface area contributed by atoms with Gasteiger partial charge in [0.2, 0.25) is 0 Å². The van der Waals surface area contributed by atoms with E-state index in [0.717, 1.165) is 23.4 Å². The summed E-state index contributed by atoms with van der Waals surface area (Å²) in [6, 6.07) is 7.30. The average molecular weight is 215 g/mol. The molecule has 0 fully saturated rings. The summed E-state index contributed by atoms with van der Waals surface area (Å²) in [5.74, 6) is 0. The van der Waals surface area contributed by atoms with Gasteiger partial charge in [-0.1, -0.05) is 0 Å². The van der Waals surface area contributed by atoms with Gasteiger partial charge in [0.25, 0.3) is 0 Å². The van der Waals surface area contributed by atoms with Gasteiger partial charge in [0.1, 0.15) is 6.29 Å². The largest absolute Gasteiger partial charge is 0.353 e. The lowest BCUT2D eigenvalue weighted by Gasteiger charge is -2.05. The molecule has 0 amide bonds. The van der Waals surface area contributed by atoms with Gasteiger partial charge in [-0.3, -0.25) is 9.48 Å². The molecule has 0 aliphatic heterocycles.